The first-order valence-corrected chi connectivity index (χ1v) is 10.4. The Balaban J connectivity index is 1.56. The number of carbonyl (C=O) groups is 1. The number of ether oxygens (including phenoxy) is 2. The normalized spacial score (nSPS) is 19.6. The Morgan fingerprint density at radius 3 is 2.67 bits per heavy atom. The Morgan fingerprint density at radius 2 is 1.97 bits per heavy atom. The second-order valence-electron chi connectivity index (χ2n) is 7.32. The molecule has 5 rings (SSSR count). The van der Waals surface area contributed by atoms with Crippen LogP contribution in [0.25, 0.3) is 0 Å². The van der Waals surface area contributed by atoms with Crippen molar-refractivity contribution >= 4 is 27.6 Å². The molecule has 0 aliphatic carbocycles. The Labute approximate surface area is 182 Å². The summed E-state index contributed by atoms with van der Waals surface area (Å²) in [7, 11) is 1.37. The van der Waals surface area contributed by atoms with Crippen LogP contribution in [0.2, 0.25) is 0 Å². The summed E-state index contributed by atoms with van der Waals surface area (Å²) in [4.78, 5) is 11.8. The molecule has 6 nitrogen and oxygen atoms in total. The zero-order chi connectivity index (χ0) is 20.8. The van der Waals surface area contributed by atoms with Crippen LogP contribution in [-0.2, 0) is 4.74 Å². The van der Waals surface area contributed by atoms with Crippen molar-refractivity contribution < 1.29 is 18.7 Å². The standard InChI is InChI=1S/C23H19BrN2O4/c1-13-3-9-21(29-13)18-12-19-17-11-16(24)8-10-20(17)30-22(26(19)25-18)14-4-6-15(7-5-14)23(27)28-2/h3-11,19,22H,12H2,1-2H3/t19-,22-/m1/s1. The minimum absolute atomic E-state index is 0.0249. The molecule has 0 spiro atoms. The van der Waals surface area contributed by atoms with Crippen LogP contribution >= 0.6 is 15.9 Å². The van der Waals surface area contributed by atoms with Gasteiger partial charge in [0, 0.05) is 22.0 Å². The van der Waals surface area contributed by atoms with Gasteiger partial charge >= 0.3 is 5.97 Å². The number of esters is 1. The molecule has 0 amide bonds. The molecule has 2 atom stereocenters. The van der Waals surface area contributed by atoms with Crippen LogP contribution in [0.4, 0.5) is 0 Å². The average Bonchev–Trinajstić information content (AvgIpc) is 3.39. The van der Waals surface area contributed by atoms with Crippen LogP contribution in [0.5, 0.6) is 5.75 Å². The summed E-state index contributed by atoms with van der Waals surface area (Å²) in [6, 6.07) is 17.2. The summed E-state index contributed by atoms with van der Waals surface area (Å²) in [5.74, 6) is 2.09. The fourth-order valence-electron chi connectivity index (χ4n) is 3.92. The SMILES string of the molecule is COC(=O)c1ccc([C@H]2Oc3ccc(Br)cc3[C@H]3CC(c4ccc(C)o4)=NN32)cc1. The molecule has 0 saturated carbocycles. The number of methoxy groups -OCH3 is 1. The van der Waals surface area contributed by atoms with Gasteiger partial charge in [-0.25, -0.2) is 9.80 Å². The molecule has 30 heavy (non-hydrogen) atoms. The van der Waals surface area contributed by atoms with Gasteiger partial charge in [0.25, 0.3) is 0 Å². The highest BCUT2D eigenvalue weighted by Crippen LogP contribution is 2.48. The smallest absolute Gasteiger partial charge is 0.337 e. The molecule has 0 N–H and O–H groups in total. The van der Waals surface area contributed by atoms with Gasteiger partial charge in [-0.3, -0.25) is 0 Å². The molecule has 2 aliphatic heterocycles. The van der Waals surface area contributed by atoms with E-state index >= 15 is 0 Å². The van der Waals surface area contributed by atoms with Crippen LogP contribution in [0.1, 0.15) is 51.7 Å². The minimum atomic E-state index is -0.413. The van der Waals surface area contributed by atoms with E-state index in [1.54, 1.807) is 12.1 Å². The number of furan rings is 1. The largest absolute Gasteiger partial charge is 0.465 e. The lowest BCUT2D eigenvalue weighted by molar-refractivity contribution is -0.0191. The van der Waals surface area contributed by atoms with Crippen LogP contribution in [0.3, 0.4) is 0 Å². The number of benzene rings is 2. The maximum atomic E-state index is 11.8. The topological polar surface area (TPSA) is 64.3 Å². The first-order valence-electron chi connectivity index (χ1n) is 9.60. The molecule has 1 aromatic heterocycles. The summed E-state index contributed by atoms with van der Waals surface area (Å²) in [6.07, 6.45) is 0.306. The summed E-state index contributed by atoms with van der Waals surface area (Å²) in [5, 5.41) is 6.86. The number of aryl methyl sites for hydroxylation is 1. The summed E-state index contributed by atoms with van der Waals surface area (Å²) in [5.41, 5.74) is 3.37. The van der Waals surface area contributed by atoms with E-state index in [4.69, 9.17) is 19.0 Å². The second-order valence-corrected chi connectivity index (χ2v) is 8.24. The maximum absolute atomic E-state index is 11.8. The molecular weight excluding hydrogens is 448 g/mol. The number of rotatable bonds is 3. The van der Waals surface area contributed by atoms with E-state index in [0.717, 1.165) is 45.0 Å². The van der Waals surface area contributed by atoms with Crippen molar-refractivity contribution in [2.75, 3.05) is 7.11 Å². The molecular formula is C23H19BrN2O4. The first-order chi connectivity index (χ1) is 14.5. The van der Waals surface area contributed by atoms with Crippen molar-refractivity contribution in [2.24, 2.45) is 5.10 Å². The maximum Gasteiger partial charge on any atom is 0.337 e. The fraction of sp³-hybridized carbons (Fsp3) is 0.217. The zero-order valence-electron chi connectivity index (χ0n) is 16.5. The van der Waals surface area contributed by atoms with Crippen LogP contribution in [-0.4, -0.2) is 23.8 Å². The Morgan fingerprint density at radius 1 is 1.17 bits per heavy atom. The van der Waals surface area contributed by atoms with Crippen molar-refractivity contribution in [2.45, 2.75) is 25.6 Å². The number of nitrogens with zero attached hydrogens (tertiary/aromatic N) is 2. The van der Waals surface area contributed by atoms with Gasteiger partial charge in [0.15, 0.2) is 0 Å². The van der Waals surface area contributed by atoms with Crippen molar-refractivity contribution in [1.82, 2.24) is 5.01 Å². The molecule has 3 aromatic rings. The highest BCUT2D eigenvalue weighted by atomic mass is 79.9. The van der Waals surface area contributed by atoms with Crippen molar-refractivity contribution in [1.29, 1.82) is 0 Å². The third-order valence-electron chi connectivity index (χ3n) is 5.39. The lowest BCUT2D eigenvalue weighted by Gasteiger charge is -2.38. The third kappa shape index (κ3) is 3.19. The van der Waals surface area contributed by atoms with E-state index in [2.05, 4.69) is 22.0 Å². The molecule has 0 bridgehead atoms. The van der Waals surface area contributed by atoms with E-state index in [-0.39, 0.29) is 12.0 Å². The molecule has 0 fully saturated rings. The van der Waals surface area contributed by atoms with Crippen LogP contribution in [0.15, 0.2) is 68.6 Å². The van der Waals surface area contributed by atoms with Crippen molar-refractivity contribution in [3.63, 3.8) is 0 Å². The molecule has 0 radical (unpaired) electrons. The minimum Gasteiger partial charge on any atom is -0.465 e. The summed E-state index contributed by atoms with van der Waals surface area (Å²) >= 11 is 3.57. The predicted molar refractivity (Wildman–Crippen MR) is 114 cm³/mol. The van der Waals surface area contributed by atoms with Gasteiger partial charge in [0.1, 0.15) is 23.0 Å². The number of hydrogen-bond donors (Lipinski definition) is 0. The van der Waals surface area contributed by atoms with E-state index in [1.807, 2.05) is 48.3 Å². The number of hydrazone groups is 1. The number of halogens is 1. The van der Waals surface area contributed by atoms with Gasteiger partial charge < -0.3 is 13.9 Å². The monoisotopic (exact) mass is 466 g/mol. The zero-order valence-corrected chi connectivity index (χ0v) is 18.0. The lowest BCUT2D eigenvalue weighted by atomic mass is 9.97. The highest BCUT2D eigenvalue weighted by molar-refractivity contribution is 9.10. The second kappa shape index (κ2) is 7.32. The van der Waals surface area contributed by atoms with Crippen molar-refractivity contribution in [3.05, 3.63) is 87.3 Å². The van der Waals surface area contributed by atoms with Crippen LogP contribution < -0.4 is 4.74 Å². The van der Waals surface area contributed by atoms with Gasteiger partial charge in [-0.15, -0.1) is 0 Å². The van der Waals surface area contributed by atoms with E-state index < -0.39 is 6.23 Å². The Hall–Kier alpha value is -3.06. The molecule has 0 unspecified atom stereocenters. The molecule has 0 saturated heterocycles. The van der Waals surface area contributed by atoms with Gasteiger partial charge in [0.2, 0.25) is 6.23 Å². The van der Waals surface area contributed by atoms with E-state index in [0.29, 0.717) is 5.56 Å². The first kappa shape index (κ1) is 18.9. The van der Waals surface area contributed by atoms with Gasteiger partial charge in [-0.2, -0.15) is 5.10 Å². The third-order valence-corrected chi connectivity index (χ3v) is 5.89. The Bertz CT molecular complexity index is 1150. The van der Waals surface area contributed by atoms with Gasteiger partial charge in [-0.1, -0.05) is 28.1 Å². The molecule has 2 aliphatic rings. The highest BCUT2D eigenvalue weighted by Gasteiger charge is 2.41. The summed E-state index contributed by atoms with van der Waals surface area (Å²) < 4.78 is 18.0. The van der Waals surface area contributed by atoms with Gasteiger partial charge in [-0.05, 0) is 49.4 Å². The Kier molecular flexibility index (Phi) is 4.62. The molecule has 3 heterocycles. The number of carbonyl (C=O) groups excluding carboxylic acids is 1. The lowest BCUT2D eigenvalue weighted by Crippen LogP contribution is -2.33. The number of hydrogen-bond acceptors (Lipinski definition) is 6. The van der Waals surface area contributed by atoms with E-state index in [1.165, 1.54) is 7.11 Å². The van der Waals surface area contributed by atoms with Gasteiger partial charge in [0.05, 0.1) is 18.7 Å². The molecule has 7 heteroatoms. The quantitative estimate of drug-likeness (QED) is 0.484. The molecule has 2 aromatic carbocycles. The number of fused-ring (bicyclic) bond motifs is 3. The molecule has 152 valence electrons. The predicted octanol–water partition coefficient (Wildman–Crippen LogP) is 5.38. The van der Waals surface area contributed by atoms with E-state index in [9.17, 15) is 4.79 Å². The van der Waals surface area contributed by atoms with Crippen molar-refractivity contribution in [3.8, 4) is 5.75 Å². The fourth-order valence-corrected chi connectivity index (χ4v) is 4.30. The van der Waals surface area contributed by atoms with Crippen LogP contribution in [0, 0.1) is 6.92 Å². The average molecular weight is 467 g/mol. The summed E-state index contributed by atoms with van der Waals surface area (Å²) in [6.45, 7) is 1.92.